The van der Waals surface area contributed by atoms with Crippen LogP contribution in [0.4, 0.5) is 17.1 Å². The molecule has 1 rings (SSSR count). The van der Waals surface area contributed by atoms with Gasteiger partial charge in [0.15, 0.2) is 0 Å². The molecule has 1 aromatic rings. The first-order valence-electron chi connectivity index (χ1n) is 5.57. The second kappa shape index (κ2) is 6.43. The van der Waals surface area contributed by atoms with Crippen LogP contribution in [0.3, 0.4) is 0 Å². The number of hydrogen-bond acceptors (Lipinski definition) is 5. The lowest BCUT2D eigenvalue weighted by Crippen LogP contribution is -2.11. The number of primary amides is 1. The highest BCUT2D eigenvalue weighted by Gasteiger charge is 2.08. The van der Waals surface area contributed by atoms with Gasteiger partial charge >= 0.3 is 0 Å². The molecule has 0 saturated heterocycles. The average Bonchev–Trinajstić information content (AvgIpc) is 2.29. The highest BCUT2D eigenvalue weighted by molar-refractivity contribution is 5.73. The lowest BCUT2D eigenvalue weighted by Gasteiger charge is -2.08. The van der Waals surface area contributed by atoms with Crippen molar-refractivity contribution in [3.8, 4) is 0 Å². The molecule has 0 bridgehead atoms. The second-order valence-corrected chi connectivity index (χ2v) is 3.88. The summed E-state index contributed by atoms with van der Waals surface area (Å²) in [5.74, 6) is -0.315. The van der Waals surface area contributed by atoms with E-state index in [0.717, 1.165) is 6.42 Å². The van der Waals surface area contributed by atoms with Gasteiger partial charge in [0.05, 0.1) is 16.3 Å². The molecule has 98 valence electrons. The number of non-ortho nitro benzene ring substituents is 1. The molecule has 0 unspecified atom stereocenters. The maximum Gasteiger partial charge on any atom is 0.271 e. The molecule has 1 aromatic carbocycles. The van der Waals surface area contributed by atoms with Crippen LogP contribution in [0, 0.1) is 10.1 Å². The molecule has 0 heterocycles. The standard InChI is InChI=1S/C11H16N4O3/c12-9-7-8(15(17)18)4-5-10(9)14-6-2-1-3-11(13)16/h4-5,7,14H,1-3,6,12H2,(H2,13,16). The summed E-state index contributed by atoms with van der Waals surface area (Å²) >= 11 is 0. The van der Waals surface area contributed by atoms with Crippen LogP contribution in [0.15, 0.2) is 18.2 Å². The third kappa shape index (κ3) is 4.28. The van der Waals surface area contributed by atoms with Gasteiger partial charge in [-0.1, -0.05) is 0 Å². The first kappa shape index (κ1) is 13.8. The molecule has 0 aliphatic carbocycles. The number of unbranched alkanes of at least 4 members (excludes halogenated alkanes) is 1. The highest BCUT2D eigenvalue weighted by atomic mass is 16.6. The van der Waals surface area contributed by atoms with Crippen molar-refractivity contribution in [2.24, 2.45) is 5.73 Å². The van der Waals surface area contributed by atoms with Crippen LogP contribution < -0.4 is 16.8 Å². The summed E-state index contributed by atoms with van der Waals surface area (Å²) in [6, 6.07) is 4.27. The van der Waals surface area contributed by atoms with Gasteiger partial charge in [-0.2, -0.15) is 0 Å². The summed E-state index contributed by atoms with van der Waals surface area (Å²) in [5.41, 5.74) is 11.6. The average molecular weight is 252 g/mol. The minimum atomic E-state index is -0.493. The lowest BCUT2D eigenvalue weighted by atomic mass is 10.2. The van der Waals surface area contributed by atoms with E-state index in [1.165, 1.54) is 12.1 Å². The quantitative estimate of drug-likeness (QED) is 0.291. The summed E-state index contributed by atoms with van der Waals surface area (Å²) in [5, 5.41) is 13.6. The number of nitro benzene ring substituents is 1. The van der Waals surface area contributed by atoms with E-state index in [1.807, 2.05) is 0 Å². The number of nitro groups is 1. The van der Waals surface area contributed by atoms with Crippen molar-refractivity contribution in [2.45, 2.75) is 19.3 Å². The number of rotatable bonds is 7. The van der Waals surface area contributed by atoms with Gasteiger partial charge in [-0.3, -0.25) is 14.9 Å². The Hall–Kier alpha value is -2.31. The molecule has 1 amide bonds. The normalized spacial score (nSPS) is 10.0. The van der Waals surface area contributed by atoms with E-state index in [9.17, 15) is 14.9 Å². The molecule has 7 heteroatoms. The fourth-order valence-corrected chi connectivity index (χ4v) is 1.47. The van der Waals surface area contributed by atoms with E-state index >= 15 is 0 Å². The third-order valence-corrected chi connectivity index (χ3v) is 2.41. The smallest absolute Gasteiger partial charge is 0.271 e. The Balaban J connectivity index is 2.43. The van der Waals surface area contributed by atoms with E-state index in [-0.39, 0.29) is 11.6 Å². The Morgan fingerprint density at radius 3 is 2.67 bits per heavy atom. The molecule has 0 aliphatic heterocycles. The Bertz CT molecular complexity index is 448. The number of amides is 1. The van der Waals surface area contributed by atoms with Crippen LogP contribution in [0.25, 0.3) is 0 Å². The first-order valence-corrected chi connectivity index (χ1v) is 5.57. The maximum atomic E-state index is 10.5. The molecule has 0 fully saturated rings. The fraction of sp³-hybridized carbons (Fsp3) is 0.364. The number of benzene rings is 1. The lowest BCUT2D eigenvalue weighted by molar-refractivity contribution is -0.384. The Morgan fingerprint density at radius 2 is 2.11 bits per heavy atom. The molecular weight excluding hydrogens is 236 g/mol. The minimum absolute atomic E-state index is 0.0354. The number of nitrogens with zero attached hydrogens (tertiary/aromatic N) is 1. The van der Waals surface area contributed by atoms with Crippen LogP contribution in [0.5, 0.6) is 0 Å². The van der Waals surface area contributed by atoms with Crippen LogP contribution in [0.2, 0.25) is 0 Å². The van der Waals surface area contributed by atoms with E-state index in [4.69, 9.17) is 11.5 Å². The van der Waals surface area contributed by atoms with Crippen molar-refractivity contribution in [3.63, 3.8) is 0 Å². The topological polar surface area (TPSA) is 124 Å². The fourth-order valence-electron chi connectivity index (χ4n) is 1.47. The number of anilines is 2. The number of carbonyl (C=O) groups excluding carboxylic acids is 1. The van der Waals surface area contributed by atoms with E-state index in [0.29, 0.717) is 30.8 Å². The zero-order valence-corrected chi connectivity index (χ0v) is 9.89. The zero-order valence-electron chi connectivity index (χ0n) is 9.89. The van der Waals surface area contributed by atoms with Gasteiger partial charge in [-0.15, -0.1) is 0 Å². The van der Waals surface area contributed by atoms with Crippen LogP contribution in [0.1, 0.15) is 19.3 Å². The van der Waals surface area contributed by atoms with Gasteiger partial charge in [0, 0.05) is 25.1 Å². The summed E-state index contributed by atoms with van der Waals surface area (Å²) < 4.78 is 0. The van der Waals surface area contributed by atoms with Gasteiger partial charge in [0.2, 0.25) is 5.91 Å². The van der Waals surface area contributed by atoms with Crippen molar-refractivity contribution in [3.05, 3.63) is 28.3 Å². The number of nitrogen functional groups attached to an aromatic ring is 1. The number of hydrogen-bond donors (Lipinski definition) is 3. The monoisotopic (exact) mass is 252 g/mol. The van der Waals surface area contributed by atoms with Gasteiger partial charge in [0.25, 0.3) is 5.69 Å². The van der Waals surface area contributed by atoms with Crippen molar-refractivity contribution in [1.82, 2.24) is 0 Å². The van der Waals surface area contributed by atoms with Crippen LogP contribution in [-0.4, -0.2) is 17.4 Å². The molecule has 0 aliphatic rings. The number of nitrogens with one attached hydrogen (secondary N) is 1. The molecule has 7 nitrogen and oxygen atoms in total. The molecule has 0 aromatic heterocycles. The van der Waals surface area contributed by atoms with E-state index < -0.39 is 4.92 Å². The van der Waals surface area contributed by atoms with E-state index in [1.54, 1.807) is 6.07 Å². The first-order chi connectivity index (χ1) is 8.50. The predicted octanol–water partition coefficient (Wildman–Crippen LogP) is 1.24. The third-order valence-electron chi connectivity index (χ3n) is 2.41. The van der Waals surface area contributed by atoms with Crippen LogP contribution in [-0.2, 0) is 4.79 Å². The summed E-state index contributed by atoms with van der Waals surface area (Å²) in [7, 11) is 0. The highest BCUT2D eigenvalue weighted by Crippen LogP contribution is 2.23. The molecular formula is C11H16N4O3. The molecule has 0 atom stereocenters. The largest absolute Gasteiger partial charge is 0.397 e. The molecule has 5 N–H and O–H groups in total. The summed E-state index contributed by atoms with van der Waals surface area (Å²) in [6.45, 7) is 0.634. The number of carbonyl (C=O) groups is 1. The van der Waals surface area contributed by atoms with Crippen molar-refractivity contribution in [2.75, 3.05) is 17.6 Å². The molecule has 0 radical (unpaired) electrons. The molecule has 0 spiro atoms. The Morgan fingerprint density at radius 1 is 1.39 bits per heavy atom. The van der Waals surface area contributed by atoms with Gasteiger partial charge < -0.3 is 16.8 Å². The molecule has 18 heavy (non-hydrogen) atoms. The predicted molar refractivity (Wildman–Crippen MR) is 69.0 cm³/mol. The van der Waals surface area contributed by atoms with Gasteiger partial charge in [0.1, 0.15) is 0 Å². The Labute approximate surface area is 104 Å². The zero-order chi connectivity index (χ0) is 13.5. The van der Waals surface area contributed by atoms with Crippen LogP contribution >= 0.6 is 0 Å². The van der Waals surface area contributed by atoms with Gasteiger partial charge in [-0.25, -0.2) is 0 Å². The van der Waals surface area contributed by atoms with Crippen molar-refractivity contribution >= 4 is 23.0 Å². The summed E-state index contributed by atoms with van der Waals surface area (Å²) in [6.07, 6.45) is 1.84. The summed E-state index contributed by atoms with van der Waals surface area (Å²) in [4.78, 5) is 20.5. The van der Waals surface area contributed by atoms with Crippen molar-refractivity contribution < 1.29 is 9.72 Å². The maximum absolute atomic E-state index is 10.5. The minimum Gasteiger partial charge on any atom is -0.397 e. The molecule has 0 saturated carbocycles. The van der Waals surface area contributed by atoms with E-state index in [2.05, 4.69) is 5.32 Å². The number of nitrogens with two attached hydrogens (primary N) is 2. The SMILES string of the molecule is NC(=O)CCCCNc1ccc([N+](=O)[O-])cc1N. The Kier molecular flexibility index (Phi) is 4.91. The van der Waals surface area contributed by atoms with Gasteiger partial charge in [-0.05, 0) is 18.9 Å². The van der Waals surface area contributed by atoms with Crippen molar-refractivity contribution in [1.29, 1.82) is 0 Å². The second-order valence-electron chi connectivity index (χ2n) is 3.88.